The molecule has 0 N–H and O–H groups in total. The van der Waals surface area contributed by atoms with Crippen LogP contribution in [0.25, 0.3) is 20.1 Å². The molecular weight excluding hydrogens is 304 g/mol. The van der Waals surface area contributed by atoms with Crippen LogP contribution in [0.1, 0.15) is 10.5 Å². The number of thiophene rings is 1. The van der Waals surface area contributed by atoms with Crippen molar-refractivity contribution in [1.82, 2.24) is 9.97 Å². The maximum atomic E-state index is 11.4. The SMILES string of the molecule is COC(=O)c1csc(-c2cc3nccc(Cl)c3s2)n1. The zero-order valence-electron chi connectivity index (χ0n) is 9.71. The molecule has 0 amide bonds. The highest BCUT2D eigenvalue weighted by atomic mass is 35.5. The highest BCUT2D eigenvalue weighted by Gasteiger charge is 2.14. The average Bonchev–Trinajstić information content (AvgIpc) is 3.04. The molecule has 0 saturated heterocycles. The number of fused-ring (bicyclic) bond motifs is 1. The van der Waals surface area contributed by atoms with Crippen molar-refractivity contribution in [2.24, 2.45) is 0 Å². The number of carbonyl (C=O) groups excluding carboxylic acids is 1. The van der Waals surface area contributed by atoms with Crippen LogP contribution in [-0.2, 0) is 4.74 Å². The Hall–Kier alpha value is -1.50. The molecule has 0 aliphatic rings. The van der Waals surface area contributed by atoms with Gasteiger partial charge in [0.05, 0.1) is 27.2 Å². The summed E-state index contributed by atoms with van der Waals surface area (Å²) in [5.41, 5.74) is 1.15. The summed E-state index contributed by atoms with van der Waals surface area (Å²) in [5, 5.41) is 3.12. The van der Waals surface area contributed by atoms with Gasteiger partial charge in [0.25, 0.3) is 0 Å². The lowest BCUT2D eigenvalue weighted by atomic mass is 10.4. The molecule has 0 aliphatic carbocycles. The Labute approximate surface area is 121 Å². The minimum absolute atomic E-state index is 0.319. The van der Waals surface area contributed by atoms with Crippen LogP contribution in [0.3, 0.4) is 0 Å². The first-order valence-corrected chi connectivity index (χ1v) is 7.34. The third-order valence-corrected chi connectivity index (χ3v) is 5.07. The number of pyridine rings is 1. The van der Waals surface area contributed by atoms with Crippen LogP contribution in [0.2, 0.25) is 5.02 Å². The van der Waals surface area contributed by atoms with Crippen molar-refractivity contribution in [3.8, 4) is 9.88 Å². The van der Waals surface area contributed by atoms with Crippen molar-refractivity contribution in [2.45, 2.75) is 0 Å². The van der Waals surface area contributed by atoms with Gasteiger partial charge in [-0.15, -0.1) is 22.7 Å². The van der Waals surface area contributed by atoms with Crippen molar-refractivity contribution >= 4 is 50.5 Å². The molecule has 0 atom stereocenters. The summed E-state index contributed by atoms with van der Waals surface area (Å²) in [6.45, 7) is 0. The zero-order chi connectivity index (χ0) is 13.4. The van der Waals surface area contributed by atoms with Gasteiger partial charge >= 0.3 is 5.97 Å². The number of ether oxygens (including phenoxy) is 1. The first-order chi connectivity index (χ1) is 9.19. The standard InChI is InChI=1S/C12H7ClN2O2S2/c1-17-12(16)8-5-18-11(15-8)9-4-7-10(19-9)6(13)2-3-14-7/h2-5H,1H3. The van der Waals surface area contributed by atoms with Crippen molar-refractivity contribution in [3.63, 3.8) is 0 Å². The largest absolute Gasteiger partial charge is 0.464 e. The zero-order valence-corrected chi connectivity index (χ0v) is 12.1. The lowest BCUT2D eigenvalue weighted by Gasteiger charge is -1.91. The maximum absolute atomic E-state index is 11.4. The average molecular weight is 311 g/mol. The summed E-state index contributed by atoms with van der Waals surface area (Å²) in [4.78, 5) is 20.8. The molecule has 0 saturated carbocycles. The lowest BCUT2D eigenvalue weighted by molar-refractivity contribution is 0.0595. The van der Waals surface area contributed by atoms with E-state index in [1.54, 1.807) is 17.6 Å². The van der Waals surface area contributed by atoms with Gasteiger partial charge in [0.1, 0.15) is 5.01 Å². The van der Waals surface area contributed by atoms with Crippen molar-refractivity contribution in [1.29, 1.82) is 0 Å². The molecule has 4 nitrogen and oxygen atoms in total. The number of carbonyl (C=O) groups is 1. The minimum Gasteiger partial charge on any atom is -0.464 e. The molecule has 3 rings (SSSR count). The predicted octanol–water partition coefficient (Wildman–Crippen LogP) is 3.86. The highest BCUT2D eigenvalue weighted by molar-refractivity contribution is 7.25. The van der Waals surface area contributed by atoms with Gasteiger partial charge in [0.15, 0.2) is 5.69 Å². The number of halogens is 1. The molecule has 3 aromatic heterocycles. The van der Waals surface area contributed by atoms with Gasteiger partial charge in [-0.2, -0.15) is 0 Å². The van der Waals surface area contributed by atoms with E-state index in [4.69, 9.17) is 11.6 Å². The number of hydrogen-bond acceptors (Lipinski definition) is 6. The first kappa shape index (κ1) is 12.5. The Morgan fingerprint density at radius 1 is 1.47 bits per heavy atom. The first-order valence-electron chi connectivity index (χ1n) is 5.27. The monoisotopic (exact) mass is 310 g/mol. The molecule has 0 aromatic carbocycles. The number of esters is 1. The lowest BCUT2D eigenvalue weighted by Crippen LogP contribution is -2.00. The van der Waals surface area contributed by atoms with Crippen LogP contribution >= 0.6 is 34.3 Å². The van der Waals surface area contributed by atoms with Gasteiger partial charge in [-0.25, -0.2) is 9.78 Å². The molecule has 7 heteroatoms. The third kappa shape index (κ3) is 2.22. The van der Waals surface area contributed by atoms with Crippen LogP contribution in [0.15, 0.2) is 23.7 Å². The number of nitrogens with zero attached hydrogens (tertiary/aromatic N) is 2. The number of rotatable bonds is 2. The molecular formula is C12H7ClN2O2S2. The Bertz CT molecular complexity index is 766. The van der Waals surface area contributed by atoms with Crippen molar-refractivity contribution in [2.75, 3.05) is 7.11 Å². The van der Waals surface area contributed by atoms with Gasteiger partial charge in [0, 0.05) is 11.6 Å². The Balaban J connectivity index is 2.07. The minimum atomic E-state index is -0.431. The Morgan fingerprint density at radius 2 is 2.32 bits per heavy atom. The van der Waals surface area contributed by atoms with Crippen molar-refractivity contribution < 1.29 is 9.53 Å². The smallest absolute Gasteiger partial charge is 0.357 e. The molecule has 19 heavy (non-hydrogen) atoms. The summed E-state index contributed by atoms with van der Waals surface area (Å²) >= 11 is 9.02. The summed E-state index contributed by atoms with van der Waals surface area (Å²) in [6.07, 6.45) is 1.67. The second-order valence-corrected chi connectivity index (χ2v) is 5.96. The van der Waals surface area contributed by atoms with Crippen molar-refractivity contribution in [3.05, 3.63) is 34.4 Å². The predicted molar refractivity (Wildman–Crippen MR) is 77.1 cm³/mol. The summed E-state index contributed by atoms with van der Waals surface area (Å²) in [7, 11) is 1.34. The summed E-state index contributed by atoms with van der Waals surface area (Å²) in [5.74, 6) is -0.431. The molecule has 3 aromatic rings. The van der Waals surface area contributed by atoms with Gasteiger partial charge < -0.3 is 4.74 Å². The van der Waals surface area contributed by atoms with Gasteiger partial charge in [-0.3, -0.25) is 4.98 Å². The molecule has 0 fully saturated rings. The molecule has 3 heterocycles. The maximum Gasteiger partial charge on any atom is 0.357 e. The van der Waals surface area contributed by atoms with E-state index in [-0.39, 0.29) is 0 Å². The van der Waals surface area contributed by atoms with Crippen LogP contribution in [0.5, 0.6) is 0 Å². The van der Waals surface area contributed by atoms with E-state index in [1.165, 1.54) is 29.8 Å². The molecule has 0 aliphatic heterocycles. The second-order valence-electron chi connectivity index (χ2n) is 3.65. The fourth-order valence-electron chi connectivity index (χ4n) is 1.60. The topological polar surface area (TPSA) is 52.1 Å². The quantitative estimate of drug-likeness (QED) is 0.674. The molecule has 0 bridgehead atoms. The van der Waals surface area contributed by atoms with E-state index >= 15 is 0 Å². The normalized spacial score (nSPS) is 10.8. The van der Waals surface area contributed by atoms with E-state index in [1.807, 2.05) is 6.07 Å². The number of thiazole rings is 1. The van der Waals surface area contributed by atoms with E-state index in [0.717, 1.165) is 20.1 Å². The number of aromatic nitrogens is 2. The summed E-state index contributed by atoms with van der Waals surface area (Å²) in [6, 6.07) is 3.68. The van der Waals surface area contributed by atoms with Crippen LogP contribution in [0.4, 0.5) is 0 Å². The molecule has 0 unspecified atom stereocenters. The highest BCUT2D eigenvalue weighted by Crippen LogP contribution is 2.37. The fraction of sp³-hybridized carbons (Fsp3) is 0.0833. The second kappa shape index (κ2) is 4.88. The molecule has 0 spiro atoms. The number of hydrogen-bond donors (Lipinski definition) is 0. The Morgan fingerprint density at radius 3 is 3.05 bits per heavy atom. The summed E-state index contributed by atoms with van der Waals surface area (Å²) < 4.78 is 5.56. The van der Waals surface area contributed by atoms with E-state index in [9.17, 15) is 4.79 Å². The van der Waals surface area contributed by atoms with Crippen LogP contribution < -0.4 is 0 Å². The van der Waals surface area contributed by atoms with Gasteiger partial charge in [-0.1, -0.05) is 11.6 Å². The Kier molecular flexibility index (Phi) is 3.22. The third-order valence-electron chi connectivity index (χ3n) is 2.47. The van der Waals surface area contributed by atoms with Gasteiger partial charge in [-0.05, 0) is 12.1 Å². The van der Waals surface area contributed by atoms with E-state index in [2.05, 4.69) is 14.7 Å². The van der Waals surface area contributed by atoms with Crippen LogP contribution in [-0.4, -0.2) is 23.0 Å². The van der Waals surface area contributed by atoms with Crippen LogP contribution in [0, 0.1) is 0 Å². The van der Waals surface area contributed by atoms with E-state index in [0.29, 0.717) is 10.7 Å². The fourth-order valence-corrected chi connectivity index (χ4v) is 3.74. The molecule has 96 valence electrons. The molecule has 0 radical (unpaired) electrons. The number of methoxy groups -OCH3 is 1. The van der Waals surface area contributed by atoms with E-state index < -0.39 is 5.97 Å². The van der Waals surface area contributed by atoms with Gasteiger partial charge in [0.2, 0.25) is 0 Å².